The molecule has 0 bridgehead atoms. The van der Waals surface area contributed by atoms with Gasteiger partial charge in [-0.2, -0.15) is 0 Å². The Kier molecular flexibility index (Phi) is 6.63. The molecule has 5 nitrogen and oxygen atoms in total. The van der Waals surface area contributed by atoms with Gasteiger partial charge in [0.25, 0.3) is 15.9 Å². The Morgan fingerprint density at radius 2 is 1.62 bits per heavy atom. The molecule has 2 aromatic rings. The average Bonchev–Trinajstić information content (AvgIpc) is 2.74. The van der Waals surface area contributed by atoms with Crippen LogP contribution in [0.1, 0.15) is 60.2 Å². The largest absolute Gasteiger partial charge is 0.339 e. The number of nitrogens with one attached hydrogen (secondary N) is 1. The fraction of sp³-hybridized carbons (Fsp3) is 0.435. The van der Waals surface area contributed by atoms with Gasteiger partial charge >= 0.3 is 0 Å². The number of piperidine rings is 1. The summed E-state index contributed by atoms with van der Waals surface area (Å²) in [6.07, 6.45) is 4.60. The smallest absolute Gasteiger partial charge is 0.261 e. The zero-order chi connectivity index (χ0) is 21.0. The van der Waals surface area contributed by atoms with E-state index < -0.39 is 10.0 Å². The van der Waals surface area contributed by atoms with Gasteiger partial charge in [0.1, 0.15) is 0 Å². The normalized spacial score (nSPS) is 14.7. The molecular formula is C23H30N2O3S. The van der Waals surface area contributed by atoms with Crippen LogP contribution in [-0.4, -0.2) is 32.3 Å². The van der Waals surface area contributed by atoms with Crippen molar-refractivity contribution in [3.8, 4) is 0 Å². The minimum atomic E-state index is -3.80. The first-order valence-corrected chi connectivity index (χ1v) is 11.9. The van der Waals surface area contributed by atoms with Crippen LogP contribution in [0.2, 0.25) is 0 Å². The van der Waals surface area contributed by atoms with Crippen LogP contribution in [0.25, 0.3) is 0 Å². The summed E-state index contributed by atoms with van der Waals surface area (Å²) in [5.74, 6) is -0.0811. The lowest BCUT2D eigenvalue weighted by Gasteiger charge is -2.27. The molecule has 29 heavy (non-hydrogen) atoms. The Bertz CT molecular complexity index is 971. The van der Waals surface area contributed by atoms with E-state index >= 15 is 0 Å². The second kappa shape index (κ2) is 8.99. The highest BCUT2D eigenvalue weighted by Crippen LogP contribution is 2.27. The van der Waals surface area contributed by atoms with E-state index in [1.807, 2.05) is 43.9 Å². The molecule has 0 aromatic heterocycles. The van der Waals surface area contributed by atoms with Crippen molar-refractivity contribution in [2.24, 2.45) is 0 Å². The van der Waals surface area contributed by atoms with E-state index in [4.69, 9.17) is 0 Å². The van der Waals surface area contributed by atoms with Crippen LogP contribution in [0.3, 0.4) is 0 Å². The summed E-state index contributed by atoms with van der Waals surface area (Å²) in [4.78, 5) is 14.9. The van der Waals surface area contributed by atoms with Crippen LogP contribution in [0.5, 0.6) is 0 Å². The van der Waals surface area contributed by atoms with E-state index in [2.05, 4.69) is 4.72 Å². The van der Waals surface area contributed by atoms with Crippen molar-refractivity contribution < 1.29 is 13.2 Å². The predicted octanol–water partition coefficient (Wildman–Crippen LogP) is 4.55. The maximum atomic E-state index is 13.2. The summed E-state index contributed by atoms with van der Waals surface area (Å²) in [6, 6.07) is 10.7. The Morgan fingerprint density at radius 1 is 1.00 bits per heavy atom. The topological polar surface area (TPSA) is 66.5 Å². The number of anilines is 1. The number of hydrogen-bond acceptors (Lipinski definition) is 3. The molecule has 0 radical (unpaired) electrons. The fourth-order valence-electron chi connectivity index (χ4n) is 3.83. The number of likely N-dealkylation sites (tertiary alicyclic amines) is 1. The molecule has 156 valence electrons. The Labute approximate surface area is 174 Å². The lowest BCUT2D eigenvalue weighted by Crippen LogP contribution is -2.36. The molecule has 1 aliphatic heterocycles. The van der Waals surface area contributed by atoms with Gasteiger partial charge in [-0.1, -0.05) is 38.1 Å². The van der Waals surface area contributed by atoms with Gasteiger partial charge in [0.05, 0.1) is 10.6 Å². The van der Waals surface area contributed by atoms with Crippen LogP contribution >= 0.6 is 0 Å². The summed E-state index contributed by atoms with van der Waals surface area (Å²) >= 11 is 0. The van der Waals surface area contributed by atoms with Gasteiger partial charge in [-0.25, -0.2) is 8.42 Å². The van der Waals surface area contributed by atoms with Crippen molar-refractivity contribution in [2.45, 2.75) is 57.8 Å². The molecule has 1 fully saturated rings. The van der Waals surface area contributed by atoms with Gasteiger partial charge in [0.15, 0.2) is 0 Å². The quantitative estimate of drug-likeness (QED) is 0.754. The molecule has 1 aliphatic rings. The highest BCUT2D eigenvalue weighted by Gasteiger charge is 2.23. The number of nitrogens with zero attached hydrogens (tertiary/aromatic N) is 1. The van der Waals surface area contributed by atoms with Gasteiger partial charge < -0.3 is 4.90 Å². The molecule has 2 aromatic carbocycles. The lowest BCUT2D eigenvalue weighted by atomic mass is 10.0. The number of carbonyl (C=O) groups is 1. The van der Waals surface area contributed by atoms with Crippen molar-refractivity contribution >= 4 is 21.6 Å². The van der Waals surface area contributed by atoms with Crippen molar-refractivity contribution in [1.29, 1.82) is 0 Å². The second-order valence-electron chi connectivity index (χ2n) is 7.59. The summed E-state index contributed by atoms with van der Waals surface area (Å²) in [6.45, 7) is 7.33. The molecule has 0 spiro atoms. The van der Waals surface area contributed by atoms with E-state index in [9.17, 15) is 13.2 Å². The Balaban J connectivity index is 1.95. The summed E-state index contributed by atoms with van der Waals surface area (Å²) in [5, 5.41) is 0. The molecule has 1 heterocycles. The molecule has 1 amide bonds. The van der Waals surface area contributed by atoms with Crippen LogP contribution < -0.4 is 4.72 Å². The van der Waals surface area contributed by atoms with Crippen molar-refractivity contribution in [3.63, 3.8) is 0 Å². The number of carbonyl (C=O) groups excluding carboxylic acids is 1. The SMILES string of the molecule is CCc1cccc(CC)c1NS(=O)(=O)c1ccc(C)c(C(=O)N2CCCCC2)c1. The molecule has 0 saturated carbocycles. The van der Waals surface area contributed by atoms with E-state index in [0.717, 1.165) is 61.9 Å². The maximum Gasteiger partial charge on any atom is 0.261 e. The Hall–Kier alpha value is -2.34. The first-order chi connectivity index (χ1) is 13.9. The average molecular weight is 415 g/mol. The molecule has 3 rings (SSSR count). The zero-order valence-corrected chi connectivity index (χ0v) is 18.3. The maximum absolute atomic E-state index is 13.2. The van der Waals surface area contributed by atoms with Gasteiger partial charge in [-0.3, -0.25) is 9.52 Å². The fourth-order valence-corrected chi connectivity index (χ4v) is 5.00. The third-order valence-corrected chi connectivity index (χ3v) is 6.98. The van der Waals surface area contributed by atoms with Gasteiger partial charge in [-0.15, -0.1) is 0 Å². The molecule has 0 aliphatic carbocycles. The number of aryl methyl sites for hydroxylation is 3. The number of sulfonamides is 1. The van der Waals surface area contributed by atoms with E-state index in [1.165, 1.54) is 6.07 Å². The molecule has 1 saturated heterocycles. The highest BCUT2D eigenvalue weighted by molar-refractivity contribution is 7.92. The summed E-state index contributed by atoms with van der Waals surface area (Å²) in [7, 11) is -3.80. The molecule has 1 N–H and O–H groups in total. The van der Waals surface area contributed by atoms with Crippen molar-refractivity contribution in [3.05, 3.63) is 58.7 Å². The number of amides is 1. The van der Waals surface area contributed by atoms with Crippen LogP contribution in [0.4, 0.5) is 5.69 Å². The minimum absolute atomic E-state index is 0.0811. The minimum Gasteiger partial charge on any atom is -0.339 e. The monoisotopic (exact) mass is 414 g/mol. The van der Waals surface area contributed by atoms with Crippen molar-refractivity contribution in [1.82, 2.24) is 4.90 Å². The number of hydrogen-bond donors (Lipinski definition) is 1. The van der Waals surface area contributed by atoms with Gasteiger partial charge in [0, 0.05) is 18.7 Å². The predicted molar refractivity (Wildman–Crippen MR) is 117 cm³/mol. The van der Waals surface area contributed by atoms with E-state index in [0.29, 0.717) is 11.3 Å². The number of para-hydroxylation sites is 1. The van der Waals surface area contributed by atoms with E-state index in [-0.39, 0.29) is 10.8 Å². The van der Waals surface area contributed by atoms with Crippen molar-refractivity contribution in [2.75, 3.05) is 17.8 Å². The summed E-state index contributed by atoms with van der Waals surface area (Å²) < 4.78 is 29.1. The van der Waals surface area contributed by atoms with Gasteiger partial charge in [0.2, 0.25) is 0 Å². The molecule has 0 unspecified atom stereocenters. The summed E-state index contributed by atoms with van der Waals surface area (Å²) in [5.41, 5.74) is 3.84. The van der Waals surface area contributed by atoms with Crippen LogP contribution in [-0.2, 0) is 22.9 Å². The second-order valence-corrected chi connectivity index (χ2v) is 9.28. The standard InChI is InChI=1S/C23H30N2O3S/c1-4-18-10-9-11-19(5-2)22(18)24-29(27,28)20-13-12-17(3)21(16-20)23(26)25-14-7-6-8-15-25/h9-13,16,24H,4-8,14-15H2,1-3H3. The third-order valence-electron chi connectivity index (χ3n) is 5.63. The van der Waals surface area contributed by atoms with Crippen LogP contribution in [0.15, 0.2) is 41.3 Å². The van der Waals surface area contributed by atoms with Gasteiger partial charge in [-0.05, 0) is 67.9 Å². The molecular weight excluding hydrogens is 384 g/mol. The molecule has 6 heteroatoms. The zero-order valence-electron chi connectivity index (χ0n) is 17.5. The molecule has 0 atom stereocenters. The highest BCUT2D eigenvalue weighted by atomic mass is 32.2. The Morgan fingerprint density at radius 3 is 2.21 bits per heavy atom. The van der Waals surface area contributed by atoms with E-state index in [1.54, 1.807) is 12.1 Å². The third kappa shape index (κ3) is 4.64. The first kappa shape index (κ1) is 21.4. The number of rotatable bonds is 6. The number of benzene rings is 2. The lowest BCUT2D eigenvalue weighted by molar-refractivity contribution is 0.0723. The first-order valence-electron chi connectivity index (χ1n) is 10.4. The van der Waals surface area contributed by atoms with Crippen LogP contribution in [0, 0.1) is 6.92 Å².